The molecule has 0 aliphatic carbocycles. The minimum absolute atomic E-state index is 0.137. The summed E-state index contributed by atoms with van der Waals surface area (Å²) in [5, 5.41) is 3.85. The zero-order valence-electron chi connectivity index (χ0n) is 15.6. The van der Waals surface area contributed by atoms with Crippen molar-refractivity contribution in [2.75, 3.05) is 0 Å². The fraction of sp³-hybridized carbons (Fsp3) is 0.0833. The molecule has 0 bridgehead atoms. The van der Waals surface area contributed by atoms with Crippen LogP contribution in [0.2, 0.25) is 0 Å². The Balaban J connectivity index is 1.32. The topological polar surface area (TPSA) is 51.2 Å². The molecule has 4 nitrogen and oxygen atoms in total. The first-order valence-electron chi connectivity index (χ1n) is 9.26. The molecule has 4 aromatic rings. The first-order chi connectivity index (χ1) is 14.2. The lowest BCUT2D eigenvalue weighted by atomic mass is 10.1. The van der Waals surface area contributed by atoms with Crippen molar-refractivity contribution in [3.8, 4) is 5.75 Å². The van der Waals surface area contributed by atoms with Gasteiger partial charge in [-0.2, -0.15) is 0 Å². The summed E-state index contributed by atoms with van der Waals surface area (Å²) in [5.41, 5.74) is 3.18. The molecule has 144 valence electrons. The summed E-state index contributed by atoms with van der Waals surface area (Å²) >= 11 is 0. The van der Waals surface area contributed by atoms with E-state index in [1.54, 1.807) is 18.3 Å². The number of fused-ring (bicyclic) bond motifs is 1. The monoisotopic (exact) mass is 386 g/mol. The lowest BCUT2D eigenvalue weighted by Gasteiger charge is -2.09. The van der Waals surface area contributed by atoms with E-state index in [0.29, 0.717) is 24.5 Å². The summed E-state index contributed by atoms with van der Waals surface area (Å²) in [7, 11) is 0. The highest BCUT2D eigenvalue weighted by Crippen LogP contribution is 2.16. The number of halogens is 1. The molecule has 0 saturated carbocycles. The number of carbonyl (C=O) groups is 1. The summed E-state index contributed by atoms with van der Waals surface area (Å²) in [5.74, 6) is 0.272. The van der Waals surface area contributed by atoms with E-state index in [9.17, 15) is 9.18 Å². The van der Waals surface area contributed by atoms with Crippen molar-refractivity contribution in [3.63, 3.8) is 0 Å². The van der Waals surface area contributed by atoms with Gasteiger partial charge in [-0.15, -0.1) is 0 Å². The smallest absolute Gasteiger partial charge is 0.251 e. The van der Waals surface area contributed by atoms with Crippen molar-refractivity contribution >= 4 is 16.8 Å². The van der Waals surface area contributed by atoms with Crippen LogP contribution in [0.4, 0.5) is 4.39 Å². The summed E-state index contributed by atoms with van der Waals surface area (Å²) in [6.07, 6.45) is 1.73. The molecule has 0 unspecified atom stereocenters. The van der Waals surface area contributed by atoms with E-state index in [0.717, 1.165) is 22.0 Å². The summed E-state index contributed by atoms with van der Waals surface area (Å²) in [6.45, 7) is 0.707. The molecule has 5 heteroatoms. The van der Waals surface area contributed by atoms with Gasteiger partial charge < -0.3 is 10.1 Å². The number of hydrogen-bond donors (Lipinski definition) is 1. The van der Waals surface area contributed by atoms with Gasteiger partial charge in [0.15, 0.2) is 0 Å². The van der Waals surface area contributed by atoms with Crippen LogP contribution < -0.4 is 10.1 Å². The van der Waals surface area contributed by atoms with Gasteiger partial charge in [-0.25, -0.2) is 4.39 Å². The first-order valence-corrected chi connectivity index (χ1v) is 9.26. The molecule has 29 heavy (non-hydrogen) atoms. The van der Waals surface area contributed by atoms with Crippen molar-refractivity contribution in [1.29, 1.82) is 0 Å². The third kappa shape index (κ3) is 4.76. The van der Waals surface area contributed by atoms with Crippen molar-refractivity contribution in [2.24, 2.45) is 0 Å². The number of nitrogens with zero attached hydrogens (tertiary/aromatic N) is 1. The molecule has 0 aliphatic rings. The standard InChI is InChI=1S/C24H19FN2O2/c25-21-5-1-3-18(13-21)16-29-22-9-6-17(7-10-22)15-27-24(28)20-8-11-23-19(14-20)4-2-12-26-23/h1-14H,15-16H2,(H,27,28). The molecule has 0 atom stereocenters. The van der Waals surface area contributed by atoms with E-state index >= 15 is 0 Å². The molecular weight excluding hydrogens is 367 g/mol. The predicted molar refractivity (Wildman–Crippen MR) is 110 cm³/mol. The number of hydrogen-bond acceptors (Lipinski definition) is 3. The summed E-state index contributed by atoms with van der Waals surface area (Å²) in [4.78, 5) is 16.7. The number of amides is 1. The van der Waals surface area contributed by atoms with E-state index in [1.165, 1.54) is 12.1 Å². The summed E-state index contributed by atoms with van der Waals surface area (Å²) < 4.78 is 18.9. The Hall–Kier alpha value is -3.73. The van der Waals surface area contributed by atoms with Crippen molar-refractivity contribution in [2.45, 2.75) is 13.2 Å². The quantitative estimate of drug-likeness (QED) is 0.514. The molecule has 0 spiro atoms. The molecule has 1 N–H and O–H groups in total. The van der Waals surface area contributed by atoms with Crippen LogP contribution in [-0.4, -0.2) is 10.9 Å². The number of aromatic nitrogens is 1. The van der Waals surface area contributed by atoms with Crippen LogP contribution in [0.1, 0.15) is 21.5 Å². The van der Waals surface area contributed by atoms with E-state index < -0.39 is 0 Å². The largest absolute Gasteiger partial charge is 0.489 e. The average molecular weight is 386 g/mol. The van der Waals surface area contributed by atoms with Crippen molar-refractivity contribution in [3.05, 3.63) is 108 Å². The van der Waals surface area contributed by atoms with Crippen LogP contribution in [0.25, 0.3) is 10.9 Å². The van der Waals surface area contributed by atoms with Gasteiger partial charge in [-0.05, 0) is 59.7 Å². The zero-order chi connectivity index (χ0) is 20.1. The van der Waals surface area contributed by atoms with Gasteiger partial charge in [-0.1, -0.05) is 30.3 Å². The molecule has 3 aromatic carbocycles. The average Bonchev–Trinajstić information content (AvgIpc) is 2.76. The van der Waals surface area contributed by atoms with Gasteiger partial charge in [0.1, 0.15) is 18.2 Å². The number of pyridine rings is 1. The number of carbonyl (C=O) groups excluding carboxylic acids is 1. The Labute approximate surface area is 168 Å². The van der Waals surface area contributed by atoms with Crippen molar-refractivity contribution in [1.82, 2.24) is 10.3 Å². The SMILES string of the molecule is O=C(NCc1ccc(OCc2cccc(F)c2)cc1)c1ccc2ncccc2c1. The Bertz CT molecular complexity index is 1140. The highest BCUT2D eigenvalue weighted by Gasteiger charge is 2.07. The van der Waals surface area contributed by atoms with E-state index in [4.69, 9.17) is 4.74 Å². The number of rotatable bonds is 6. The van der Waals surface area contributed by atoms with Gasteiger partial charge >= 0.3 is 0 Å². The second kappa shape index (κ2) is 8.52. The fourth-order valence-electron chi connectivity index (χ4n) is 3.00. The lowest BCUT2D eigenvalue weighted by Crippen LogP contribution is -2.22. The Morgan fingerprint density at radius 3 is 2.62 bits per heavy atom. The fourth-order valence-corrected chi connectivity index (χ4v) is 3.00. The molecule has 0 saturated heterocycles. The lowest BCUT2D eigenvalue weighted by molar-refractivity contribution is 0.0951. The normalized spacial score (nSPS) is 10.7. The second-order valence-corrected chi connectivity index (χ2v) is 6.66. The molecule has 0 fully saturated rings. The molecule has 1 aromatic heterocycles. The minimum Gasteiger partial charge on any atom is -0.489 e. The minimum atomic E-state index is -0.278. The van der Waals surface area contributed by atoms with Gasteiger partial charge in [0, 0.05) is 23.7 Å². The molecule has 4 rings (SSSR count). The second-order valence-electron chi connectivity index (χ2n) is 6.66. The summed E-state index contributed by atoms with van der Waals surface area (Å²) in [6, 6.07) is 23.0. The Morgan fingerprint density at radius 2 is 1.79 bits per heavy atom. The van der Waals surface area contributed by atoms with E-state index in [2.05, 4.69) is 10.3 Å². The molecule has 1 heterocycles. The van der Waals surface area contributed by atoms with E-state index in [1.807, 2.05) is 54.6 Å². The molecule has 1 amide bonds. The first kappa shape index (κ1) is 18.6. The maximum atomic E-state index is 13.2. The maximum Gasteiger partial charge on any atom is 0.251 e. The van der Waals surface area contributed by atoms with E-state index in [-0.39, 0.29) is 11.7 Å². The van der Waals surface area contributed by atoms with Gasteiger partial charge in [0.2, 0.25) is 0 Å². The highest BCUT2D eigenvalue weighted by atomic mass is 19.1. The van der Waals surface area contributed by atoms with Crippen LogP contribution in [0.5, 0.6) is 5.75 Å². The molecule has 0 aliphatic heterocycles. The molecular formula is C24H19FN2O2. The van der Waals surface area contributed by atoms with Crippen LogP contribution >= 0.6 is 0 Å². The number of nitrogens with one attached hydrogen (secondary N) is 1. The Morgan fingerprint density at radius 1 is 0.931 bits per heavy atom. The highest BCUT2D eigenvalue weighted by molar-refractivity contribution is 5.97. The number of ether oxygens (including phenoxy) is 1. The van der Waals surface area contributed by atoms with Crippen LogP contribution in [0.3, 0.4) is 0 Å². The van der Waals surface area contributed by atoms with Crippen LogP contribution in [0.15, 0.2) is 85.1 Å². The van der Waals surface area contributed by atoms with Crippen molar-refractivity contribution < 1.29 is 13.9 Å². The zero-order valence-corrected chi connectivity index (χ0v) is 15.6. The number of benzene rings is 3. The van der Waals surface area contributed by atoms with Crippen LogP contribution in [-0.2, 0) is 13.2 Å². The third-order valence-electron chi connectivity index (χ3n) is 4.54. The van der Waals surface area contributed by atoms with Gasteiger partial charge in [-0.3, -0.25) is 9.78 Å². The molecule has 0 radical (unpaired) electrons. The third-order valence-corrected chi connectivity index (χ3v) is 4.54. The van der Waals surface area contributed by atoms with Crippen LogP contribution in [0, 0.1) is 5.82 Å². The van der Waals surface area contributed by atoms with Gasteiger partial charge in [0.25, 0.3) is 5.91 Å². The maximum absolute atomic E-state index is 13.2. The Kier molecular flexibility index (Phi) is 5.47. The predicted octanol–water partition coefficient (Wildman–Crippen LogP) is 4.88. The van der Waals surface area contributed by atoms with Gasteiger partial charge in [0.05, 0.1) is 5.52 Å².